The molecule has 109 valence electrons. The van der Waals surface area contributed by atoms with Crippen molar-refractivity contribution < 1.29 is 32.7 Å². The van der Waals surface area contributed by atoms with Crippen LogP contribution in [0.25, 0.3) is 11.1 Å². The molecule has 2 rings (SSSR count). The Morgan fingerprint density at radius 1 is 0.762 bits per heavy atom. The van der Waals surface area contributed by atoms with Crippen molar-refractivity contribution in [3.05, 3.63) is 59.7 Å². The second kappa shape index (κ2) is 6.75. The van der Waals surface area contributed by atoms with Gasteiger partial charge in [-0.2, -0.15) is 42.5 Å². The number of hydrogen-bond acceptors (Lipinski definition) is 0. The molecule has 2 aromatic rings. The van der Waals surface area contributed by atoms with Gasteiger partial charge in [0.05, 0.1) is 0 Å². The number of benzene rings is 2. The monoisotopic (exact) mass is 353 g/mol. The van der Waals surface area contributed by atoms with Crippen molar-refractivity contribution in [2.24, 2.45) is 0 Å². The van der Waals surface area contributed by atoms with E-state index in [1.54, 1.807) is 0 Å². The van der Waals surface area contributed by atoms with E-state index in [0.717, 1.165) is 11.1 Å². The molecule has 21 heavy (non-hydrogen) atoms. The Labute approximate surface area is 155 Å². The summed E-state index contributed by atoms with van der Waals surface area (Å²) in [7, 11) is 0. The summed E-state index contributed by atoms with van der Waals surface area (Å²) in [6.07, 6.45) is 0. The Morgan fingerprint density at radius 2 is 1.38 bits per heavy atom. The van der Waals surface area contributed by atoms with Crippen LogP contribution in [0.3, 0.4) is 0 Å². The summed E-state index contributed by atoms with van der Waals surface area (Å²) in [4.78, 5) is 0. The predicted molar refractivity (Wildman–Crippen MR) is 87.0 cm³/mol. The third-order valence-electron chi connectivity index (χ3n) is 3.57. The van der Waals surface area contributed by atoms with E-state index in [9.17, 15) is 0 Å². The van der Waals surface area contributed by atoms with Crippen molar-refractivity contribution in [3.8, 4) is 11.1 Å². The molecule has 0 nitrogen and oxygen atoms in total. The Bertz CT molecular complexity index is 583. The maximum absolute atomic E-state index is 3.44. The molecule has 1 heteroatoms. The van der Waals surface area contributed by atoms with Gasteiger partial charge in [0.15, 0.2) is 0 Å². The topological polar surface area (TPSA) is 0 Å². The zero-order valence-electron chi connectivity index (χ0n) is 14.0. The van der Waals surface area contributed by atoms with E-state index in [1.165, 1.54) is 11.1 Å². The van der Waals surface area contributed by atoms with Crippen molar-refractivity contribution in [3.63, 3.8) is 0 Å². The third-order valence-corrected chi connectivity index (χ3v) is 3.57. The number of hydrogen-bond donors (Lipinski definition) is 0. The SMILES string of the molecule is CC(C)(C)c1c[c-]c(-c2[c-]cccc2)cc1C(C)(C)C.[Y]. The Balaban J connectivity index is 0.00000220. The van der Waals surface area contributed by atoms with Crippen molar-refractivity contribution >= 4 is 0 Å². The number of rotatable bonds is 1. The molecule has 0 saturated heterocycles. The van der Waals surface area contributed by atoms with Gasteiger partial charge in [-0.25, -0.2) is 11.1 Å². The smallest absolute Gasteiger partial charge is 0 e. The van der Waals surface area contributed by atoms with E-state index >= 15 is 0 Å². The normalized spacial score (nSPS) is 11.9. The van der Waals surface area contributed by atoms with Crippen LogP contribution in [0.5, 0.6) is 0 Å². The fourth-order valence-electron chi connectivity index (χ4n) is 2.45. The summed E-state index contributed by atoms with van der Waals surface area (Å²) in [5.74, 6) is 0. The van der Waals surface area contributed by atoms with E-state index in [2.05, 4.69) is 71.9 Å². The molecular formula is C20H24Y-2. The van der Waals surface area contributed by atoms with Gasteiger partial charge in [-0.3, -0.25) is 0 Å². The van der Waals surface area contributed by atoms with E-state index in [0.29, 0.717) is 0 Å². The van der Waals surface area contributed by atoms with Crippen LogP contribution in [-0.2, 0) is 43.5 Å². The largest absolute Gasteiger partial charge is 0.226 e. The molecule has 1 radical (unpaired) electrons. The van der Waals surface area contributed by atoms with Crippen LogP contribution in [0.2, 0.25) is 0 Å². The molecule has 0 N–H and O–H groups in total. The van der Waals surface area contributed by atoms with E-state index in [-0.39, 0.29) is 43.5 Å². The Morgan fingerprint density at radius 3 is 1.86 bits per heavy atom. The zero-order chi connectivity index (χ0) is 15.0. The Hall–Kier alpha value is -0.456. The van der Waals surface area contributed by atoms with Crippen LogP contribution >= 0.6 is 0 Å². The van der Waals surface area contributed by atoms with Gasteiger partial charge in [0, 0.05) is 32.7 Å². The van der Waals surface area contributed by atoms with Gasteiger partial charge in [-0.05, 0) is 10.8 Å². The first-order valence-corrected chi connectivity index (χ1v) is 7.23. The molecule has 0 aliphatic rings. The quantitative estimate of drug-likeness (QED) is 0.590. The summed E-state index contributed by atoms with van der Waals surface area (Å²) < 4.78 is 0. The van der Waals surface area contributed by atoms with Crippen molar-refractivity contribution in [1.82, 2.24) is 0 Å². The van der Waals surface area contributed by atoms with Gasteiger partial charge in [0.1, 0.15) is 0 Å². The van der Waals surface area contributed by atoms with Gasteiger partial charge >= 0.3 is 0 Å². The second-order valence-electron chi connectivity index (χ2n) is 7.45. The van der Waals surface area contributed by atoms with E-state index < -0.39 is 0 Å². The minimum absolute atomic E-state index is 0. The molecule has 0 spiro atoms. The first-order valence-electron chi connectivity index (χ1n) is 7.23. The van der Waals surface area contributed by atoms with Gasteiger partial charge in [-0.1, -0.05) is 41.5 Å². The molecule has 0 atom stereocenters. The second-order valence-corrected chi connectivity index (χ2v) is 7.45. The molecule has 0 aromatic heterocycles. The minimum atomic E-state index is 0. The predicted octanol–water partition coefficient (Wildman–Crippen LogP) is 5.55. The van der Waals surface area contributed by atoms with Gasteiger partial charge < -0.3 is 0 Å². The molecule has 0 fully saturated rings. The molecule has 0 bridgehead atoms. The van der Waals surface area contributed by atoms with Crippen LogP contribution in [0.1, 0.15) is 52.7 Å². The van der Waals surface area contributed by atoms with Gasteiger partial charge in [0.2, 0.25) is 0 Å². The molecule has 0 aliphatic carbocycles. The van der Waals surface area contributed by atoms with E-state index in [4.69, 9.17) is 0 Å². The van der Waals surface area contributed by atoms with Crippen LogP contribution in [-0.4, -0.2) is 0 Å². The van der Waals surface area contributed by atoms with Crippen molar-refractivity contribution in [1.29, 1.82) is 0 Å². The average molecular weight is 353 g/mol. The fraction of sp³-hybridized carbons (Fsp3) is 0.400. The maximum atomic E-state index is 3.44. The third kappa shape index (κ3) is 4.50. The Kier molecular flexibility index (Phi) is 5.98. The molecule has 0 unspecified atom stereocenters. The summed E-state index contributed by atoms with van der Waals surface area (Å²) >= 11 is 0. The van der Waals surface area contributed by atoms with Gasteiger partial charge in [-0.15, -0.1) is 17.2 Å². The molecular weight excluding hydrogens is 329 g/mol. The maximum Gasteiger partial charge on any atom is 0 e. The molecule has 0 saturated carbocycles. The summed E-state index contributed by atoms with van der Waals surface area (Å²) in [5.41, 5.74) is 5.28. The van der Waals surface area contributed by atoms with Gasteiger partial charge in [0.25, 0.3) is 0 Å². The van der Waals surface area contributed by atoms with Crippen LogP contribution in [0.15, 0.2) is 36.4 Å². The zero-order valence-corrected chi connectivity index (χ0v) is 16.9. The summed E-state index contributed by atoms with van der Waals surface area (Å²) in [6.45, 7) is 13.6. The van der Waals surface area contributed by atoms with Crippen molar-refractivity contribution in [2.75, 3.05) is 0 Å². The first kappa shape index (κ1) is 18.6. The molecule has 0 amide bonds. The summed E-state index contributed by atoms with van der Waals surface area (Å²) in [6, 6.07) is 19.3. The average Bonchev–Trinajstić information content (AvgIpc) is 2.37. The standard InChI is InChI=1S/C20H24.Y/c1-19(2,3)17-13-12-16(14-18(17)20(4,5)6)15-10-8-7-9-11-15;/h7-10,13-14H,1-6H3;/q-2;. The summed E-state index contributed by atoms with van der Waals surface area (Å²) in [5, 5.41) is 0. The van der Waals surface area contributed by atoms with Crippen LogP contribution < -0.4 is 0 Å². The fourth-order valence-corrected chi connectivity index (χ4v) is 2.45. The molecule has 0 heterocycles. The first-order chi connectivity index (χ1) is 9.19. The molecule has 0 aliphatic heterocycles. The van der Waals surface area contributed by atoms with Crippen molar-refractivity contribution in [2.45, 2.75) is 52.4 Å². The molecule has 2 aromatic carbocycles. The minimum Gasteiger partial charge on any atom is -0.226 e. The van der Waals surface area contributed by atoms with Crippen LogP contribution in [0.4, 0.5) is 0 Å². The van der Waals surface area contributed by atoms with E-state index in [1.807, 2.05) is 18.2 Å². The van der Waals surface area contributed by atoms with Crippen LogP contribution in [0, 0.1) is 12.1 Å².